The SMILES string of the molecule is CC(CC(O)c1ccccc1)NC(=O)C1CC1c1ccc(F)cc1F. The Labute approximate surface area is 145 Å². The van der Waals surface area contributed by atoms with Gasteiger partial charge in [0.2, 0.25) is 5.91 Å². The molecule has 4 atom stereocenters. The number of aliphatic hydroxyl groups excluding tert-OH is 1. The van der Waals surface area contributed by atoms with Crippen LogP contribution >= 0.6 is 0 Å². The Morgan fingerprint density at radius 3 is 2.64 bits per heavy atom. The summed E-state index contributed by atoms with van der Waals surface area (Å²) in [5, 5.41) is 13.1. The maximum absolute atomic E-state index is 13.8. The van der Waals surface area contributed by atoms with Gasteiger partial charge in [0.1, 0.15) is 11.6 Å². The van der Waals surface area contributed by atoms with Crippen molar-refractivity contribution in [2.24, 2.45) is 5.92 Å². The first kappa shape index (κ1) is 17.5. The topological polar surface area (TPSA) is 49.3 Å². The van der Waals surface area contributed by atoms with Crippen LogP contribution in [-0.2, 0) is 4.79 Å². The van der Waals surface area contributed by atoms with Gasteiger partial charge in [0.05, 0.1) is 6.10 Å². The quantitative estimate of drug-likeness (QED) is 0.839. The summed E-state index contributed by atoms with van der Waals surface area (Å²) in [6, 6.07) is 12.5. The highest BCUT2D eigenvalue weighted by atomic mass is 19.1. The number of benzene rings is 2. The van der Waals surface area contributed by atoms with Gasteiger partial charge in [0, 0.05) is 18.0 Å². The van der Waals surface area contributed by atoms with Crippen LogP contribution in [0.2, 0.25) is 0 Å². The summed E-state index contributed by atoms with van der Waals surface area (Å²) in [7, 11) is 0. The van der Waals surface area contributed by atoms with Crippen molar-refractivity contribution in [3.05, 3.63) is 71.3 Å². The van der Waals surface area contributed by atoms with Crippen LogP contribution in [0.25, 0.3) is 0 Å². The van der Waals surface area contributed by atoms with E-state index in [4.69, 9.17) is 0 Å². The fourth-order valence-corrected chi connectivity index (χ4v) is 3.19. The summed E-state index contributed by atoms with van der Waals surface area (Å²) >= 11 is 0. The lowest BCUT2D eigenvalue weighted by molar-refractivity contribution is -0.123. The van der Waals surface area contributed by atoms with Gasteiger partial charge in [-0.05, 0) is 42.9 Å². The Morgan fingerprint density at radius 2 is 1.96 bits per heavy atom. The minimum absolute atomic E-state index is 0.151. The van der Waals surface area contributed by atoms with Crippen molar-refractivity contribution < 1.29 is 18.7 Å². The highest BCUT2D eigenvalue weighted by Gasteiger charge is 2.45. The van der Waals surface area contributed by atoms with E-state index >= 15 is 0 Å². The molecule has 0 heterocycles. The maximum atomic E-state index is 13.8. The molecule has 2 N–H and O–H groups in total. The highest BCUT2D eigenvalue weighted by molar-refractivity contribution is 5.83. The molecule has 3 nitrogen and oxygen atoms in total. The van der Waals surface area contributed by atoms with Gasteiger partial charge in [-0.2, -0.15) is 0 Å². The second-order valence-corrected chi connectivity index (χ2v) is 6.69. The van der Waals surface area contributed by atoms with E-state index in [1.807, 2.05) is 37.3 Å². The molecule has 2 aromatic rings. The molecule has 0 aliphatic heterocycles. The van der Waals surface area contributed by atoms with Crippen molar-refractivity contribution >= 4 is 5.91 Å². The zero-order valence-corrected chi connectivity index (χ0v) is 14.0. The molecule has 0 saturated heterocycles. The van der Waals surface area contributed by atoms with Crippen LogP contribution in [0.3, 0.4) is 0 Å². The third-order valence-electron chi connectivity index (χ3n) is 4.64. The minimum atomic E-state index is -0.652. The molecule has 1 aliphatic carbocycles. The molecule has 1 fully saturated rings. The fraction of sp³-hybridized carbons (Fsp3) is 0.350. The molecule has 0 spiro atoms. The summed E-state index contributed by atoms with van der Waals surface area (Å²) in [5.41, 5.74) is 1.19. The standard InChI is InChI=1S/C20H21F2NO2/c1-12(9-19(24)13-5-3-2-4-6-13)23-20(25)17-11-16(17)15-8-7-14(21)10-18(15)22/h2-8,10,12,16-17,19,24H,9,11H2,1H3,(H,23,25). The predicted octanol–water partition coefficient (Wildman–Crippen LogP) is 3.70. The Morgan fingerprint density at radius 1 is 1.24 bits per heavy atom. The lowest BCUT2D eigenvalue weighted by Crippen LogP contribution is -2.35. The van der Waals surface area contributed by atoms with Gasteiger partial charge < -0.3 is 10.4 Å². The van der Waals surface area contributed by atoms with Crippen LogP contribution in [0.1, 0.15) is 42.9 Å². The van der Waals surface area contributed by atoms with Crippen molar-refractivity contribution in [1.29, 1.82) is 0 Å². The van der Waals surface area contributed by atoms with Crippen LogP contribution in [-0.4, -0.2) is 17.1 Å². The van der Waals surface area contributed by atoms with Crippen molar-refractivity contribution in [2.45, 2.75) is 37.8 Å². The maximum Gasteiger partial charge on any atom is 0.223 e. The highest BCUT2D eigenvalue weighted by Crippen LogP contribution is 2.48. The number of hydrogen-bond donors (Lipinski definition) is 2. The lowest BCUT2D eigenvalue weighted by Gasteiger charge is -2.18. The zero-order chi connectivity index (χ0) is 18.0. The van der Waals surface area contributed by atoms with Crippen LogP contribution in [0.4, 0.5) is 8.78 Å². The average molecular weight is 345 g/mol. The summed E-state index contributed by atoms with van der Waals surface area (Å²) in [4.78, 5) is 12.3. The van der Waals surface area contributed by atoms with E-state index in [1.165, 1.54) is 12.1 Å². The van der Waals surface area contributed by atoms with Crippen molar-refractivity contribution in [1.82, 2.24) is 5.32 Å². The Balaban J connectivity index is 1.53. The molecule has 25 heavy (non-hydrogen) atoms. The van der Waals surface area contributed by atoms with Crippen LogP contribution < -0.4 is 5.32 Å². The van der Waals surface area contributed by atoms with Crippen molar-refractivity contribution in [3.8, 4) is 0 Å². The van der Waals surface area contributed by atoms with Crippen LogP contribution in [0, 0.1) is 17.6 Å². The largest absolute Gasteiger partial charge is 0.388 e. The molecular weight excluding hydrogens is 324 g/mol. The molecule has 0 bridgehead atoms. The monoisotopic (exact) mass is 345 g/mol. The molecule has 0 radical (unpaired) electrons. The lowest BCUT2D eigenvalue weighted by atomic mass is 10.0. The third kappa shape index (κ3) is 4.23. The smallest absolute Gasteiger partial charge is 0.223 e. The Bertz CT molecular complexity index is 751. The van der Waals surface area contributed by atoms with Crippen LogP contribution in [0.15, 0.2) is 48.5 Å². The third-order valence-corrected chi connectivity index (χ3v) is 4.64. The zero-order valence-electron chi connectivity index (χ0n) is 14.0. The number of carbonyl (C=O) groups excluding carboxylic acids is 1. The number of amides is 1. The van der Waals surface area contributed by atoms with Gasteiger partial charge in [-0.25, -0.2) is 8.78 Å². The number of hydrogen-bond acceptors (Lipinski definition) is 2. The normalized spacial score (nSPS) is 21.4. The summed E-state index contributed by atoms with van der Waals surface area (Å²) in [6.45, 7) is 1.83. The van der Waals surface area contributed by atoms with Gasteiger partial charge in [0.25, 0.3) is 0 Å². The molecule has 1 aliphatic rings. The first-order valence-electron chi connectivity index (χ1n) is 8.44. The Kier molecular flexibility index (Phi) is 5.13. The molecule has 5 heteroatoms. The van der Waals surface area contributed by atoms with Crippen molar-refractivity contribution in [2.75, 3.05) is 0 Å². The van der Waals surface area contributed by atoms with Gasteiger partial charge in [-0.15, -0.1) is 0 Å². The molecule has 1 saturated carbocycles. The molecule has 0 aromatic heterocycles. The van der Waals surface area contributed by atoms with Gasteiger partial charge in [0.15, 0.2) is 0 Å². The van der Waals surface area contributed by atoms with Gasteiger partial charge in [-0.1, -0.05) is 36.4 Å². The van der Waals surface area contributed by atoms with E-state index in [0.717, 1.165) is 11.6 Å². The number of rotatable bonds is 6. The first-order chi connectivity index (χ1) is 12.0. The average Bonchev–Trinajstić information content (AvgIpc) is 3.36. The molecule has 1 amide bonds. The van der Waals surface area contributed by atoms with Gasteiger partial charge in [-0.3, -0.25) is 4.79 Å². The molecule has 132 valence electrons. The summed E-state index contributed by atoms with van der Waals surface area (Å²) in [5.74, 6) is -1.87. The molecule has 3 rings (SSSR count). The number of carbonyl (C=O) groups is 1. The summed E-state index contributed by atoms with van der Waals surface area (Å²) < 4.78 is 26.8. The molecule has 2 aromatic carbocycles. The second kappa shape index (κ2) is 7.31. The molecular formula is C20H21F2NO2. The van der Waals surface area contributed by atoms with Crippen LogP contribution in [0.5, 0.6) is 0 Å². The van der Waals surface area contributed by atoms with E-state index < -0.39 is 17.7 Å². The van der Waals surface area contributed by atoms with Crippen molar-refractivity contribution in [3.63, 3.8) is 0 Å². The number of aliphatic hydroxyl groups is 1. The number of nitrogens with one attached hydrogen (secondary N) is 1. The van der Waals surface area contributed by atoms with Gasteiger partial charge >= 0.3 is 0 Å². The number of halogens is 2. The predicted molar refractivity (Wildman–Crippen MR) is 90.8 cm³/mol. The van der Waals surface area contributed by atoms with E-state index in [1.54, 1.807) is 0 Å². The molecule has 4 unspecified atom stereocenters. The Hall–Kier alpha value is -2.27. The second-order valence-electron chi connectivity index (χ2n) is 6.69. The van der Waals surface area contributed by atoms with E-state index in [9.17, 15) is 18.7 Å². The van der Waals surface area contributed by atoms with E-state index in [0.29, 0.717) is 18.4 Å². The minimum Gasteiger partial charge on any atom is -0.388 e. The summed E-state index contributed by atoms with van der Waals surface area (Å²) in [6.07, 6.45) is 0.307. The first-order valence-corrected chi connectivity index (χ1v) is 8.44. The van der Waals surface area contributed by atoms with E-state index in [-0.39, 0.29) is 23.8 Å². The van der Waals surface area contributed by atoms with E-state index in [2.05, 4.69) is 5.32 Å². The fourth-order valence-electron chi connectivity index (χ4n) is 3.19.